The maximum Gasteiger partial charge on any atom is 0.257 e. The van der Waals surface area contributed by atoms with E-state index in [9.17, 15) is 9.59 Å². The zero-order valence-electron chi connectivity index (χ0n) is 16.4. The number of aromatic amines is 1. The van der Waals surface area contributed by atoms with Crippen molar-refractivity contribution in [2.24, 2.45) is 7.05 Å². The van der Waals surface area contributed by atoms with Crippen molar-refractivity contribution in [3.05, 3.63) is 59.7 Å². The number of aromatic nitrogens is 3. The summed E-state index contributed by atoms with van der Waals surface area (Å²) in [6.07, 6.45) is 7.00. The predicted molar refractivity (Wildman–Crippen MR) is 109 cm³/mol. The van der Waals surface area contributed by atoms with E-state index in [4.69, 9.17) is 4.74 Å². The van der Waals surface area contributed by atoms with Crippen molar-refractivity contribution in [1.29, 1.82) is 0 Å². The molecule has 29 heavy (non-hydrogen) atoms. The van der Waals surface area contributed by atoms with Gasteiger partial charge >= 0.3 is 0 Å². The number of benzene rings is 1. The summed E-state index contributed by atoms with van der Waals surface area (Å²) >= 11 is 0. The molecule has 1 saturated heterocycles. The molecule has 1 aliphatic heterocycles. The normalized spacial score (nSPS) is 14.1. The molecule has 1 aliphatic rings. The Hall–Kier alpha value is -3.39. The molecule has 8 heteroatoms. The molecule has 150 valence electrons. The molecule has 3 heterocycles. The number of carbonyl (C=O) groups is 2. The largest absolute Gasteiger partial charge is 0.378 e. The van der Waals surface area contributed by atoms with Crippen molar-refractivity contribution in [2.45, 2.75) is 6.92 Å². The fourth-order valence-corrected chi connectivity index (χ4v) is 3.42. The van der Waals surface area contributed by atoms with Crippen molar-refractivity contribution in [2.75, 3.05) is 31.6 Å². The van der Waals surface area contributed by atoms with Crippen LogP contribution in [0.3, 0.4) is 0 Å². The smallest absolute Gasteiger partial charge is 0.257 e. The van der Waals surface area contributed by atoms with E-state index in [-0.39, 0.29) is 11.8 Å². The van der Waals surface area contributed by atoms with Crippen molar-refractivity contribution in [3.8, 4) is 11.1 Å². The lowest BCUT2D eigenvalue weighted by Gasteiger charge is -2.27. The van der Waals surface area contributed by atoms with Gasteiger partial charge < -0.3 is 19.9 Å². The Labute approximate surface area is 168 Å². The van der Waals surface area contributed by atoms with Gasteiger partial charge in [-0.15, -0.1) is 0 Å². The summed E-state index contributed by atoms with van der Waals surface area (Å²) in [6.45, 7) is 4.14. The average Bonchev–Trinajstić information content (AvgIpc) is 3.38. The molecule has 8 nitrogen and oxygen atoms in total. The first kappa shape index (κ1) is 18.9. The van der Waals surface area contributed by atoms with E-state index in [1.165, 1.54) is 0 Å². The van der Waals surface area contributed by atoms with Gasteiger partial charge in [-0.05, 0) is 24.6 Å². The summed E-state index contributed by atoms with van der Waals surface area (Å²) < 4.78 is 7.01. The summed E-state index contributed by atoms with van der Waals surface area (Å²) in [5.41, 5.74) is 4.18. The van der Waals surface area contributed by atoms with Gasteiger partial charge in [0.05, 0.1) is 25.0 Å². The number of aryl methyl sites for hydroxylation is 2. The second-order valence-corrected chi connectivity index (χ2v) is 7.07. The van der Waals surface area contributed by atoms with Gasteiger partial charge in [-0.2, -0.15) is 5.10 Å². The summed E-state index contributed by atoms with van der Waals surface area (Å²) in [7, 11) is 1.83. The number of carbonyl (C=O) groups excluding carboxylic acids is 2. The summed E-state index contributed by atoms with van der Waals surface area (Å²) in [5.74, 6) is -0.293. The SMILES string of the molecule is Cc1ccc(NC(=O)c2c[nH]cc2-c2cnn(C)c2)cc1C(=O)N1CCOCC1. The van der Waals surface area contributed by atoms with Crippen molar-refractivity contribution in [3.63, 3.8) is 0 Å². The highest BCUT2D eigenvalue weighted by Crippen LogP contribution is 2.24. The molecule has 0 unspecified atom stereocenters. The lowest BCUT2D eigenvalue weighted by molar-refractivity contribution is 0.0302. The van der Waals surface area contributed by atoms with Crippen LogP contribution in [-0.4, -0.2) is 57.8 Å². The molecule has 3 aromatic rings. The summed E-state index contributed by atoms with van der Waals surface area (Å²) in [5, 5.41) is 7.07. The quantitative estimate of drug-likeness (QED) is 0.712. The topological polar surface area (TPSA) is 92.2 Å². The fourth-order valence-electron chi connectivity index (χ4n) is 3.42. The van der Waals surface area contributed by atoms with E-state index in [0.29, 0.717) is 43.1 Å². The minimum absolute atomic E-state index is 0.0420. The third-order valence-corrected chi connectivity index (χ3v) is 5.03. The molecule has 0 radical (unpaired) electrons. The highest BCUT2D eigenvalue weighted by Gasteiger charge is 2.21. The number of H-pyrrole nitrogens is 1. The Bertz CT molecular complexity index is 1050. The molecule has 0 saturated carbocycles. The first-order chi connectivity index (χ1) is 14.0. The Morgan fingerprint density at radius 1 is 1.17 bits per heavy atom. The highest BCUT2D eigenvalue weighted by atomic mass is 16.5. The van der Waals surface area contributed by atoms with E-state index >= 15 is 0 Å². The van der Waals surface area contributed by atoms with Crippen LogP contribution in [0.1, 0.15) is 26.3 Å². The van der Waals surface area contributed by atoms with Crippen molar-refractivity contribution >= 4 is 17.5 Å². The molecule has 2 N–H and O–H groups in total. The van der Waals surface area contributed by atoms with Crippen LogP contribution in [0.5, 0.6) is 0 Å². The molecular weight excluding hydrogens is 370 g/mol. The van der Waals surface area contributed by atoms with Gasteiger partial charge in [0, 0.05) is 61.1 Å². The molecule has 2 aromatic heterocycles. The van der Waals surface area contributed by atoms with E-state index in [2.05, 4.69) is 15.4 Å². The Kier molecular flexibility index (Phi) is 5.18. The predicted octanol–water partition coefficient (Wildman–Crippen LogP) is 2.45. The van der Waals surface area contributed by atoms with Crippen molar-refractivity contribution in [1.82, 2.24) is 19.7 Å². The lowest BCUT2D eigenvalue weighted by atomic mass is 10.1. The monoisotopic (exact) mass is 393 g/mol. The van der Waals surface area contributed by atoms with Crippen LogP contribution in [0, 0.1) is 6.92 Å². The van der Waals surface area contributed by atoms with Gasteiger partial charge in [0.25, 0.3) is 11.8 Å². The van der Waals surface area contributed by atoms with Gasteiger partial charge in [0.2, 0.25) is 0 Å². The second-order valence-electron chi connectivity index (χ2n) is 7.07. The van der Waals surface area contributed by atoms with Crippen LogP contribution in [0.2, 0.25) is 0 Å². The van der Waals surface area contributed by atoms with Crippen molar-refractivity contribution < 1.29 is 14.3 Å². The van der Waals surface area contributed by atoms with Crippen LogP contribution >= 0.6 is 0 Å². The first-order valence-electron chi connectivity index (χ1n) is 9.48. The lowest BCUT2D eigenvalue weighted by Crippen LogP contribution is -2.41. The minimum atomic E-state index is -0.251. The molecule has 0 bridgehead atoms. The number of hydrogen-bond acceptors (Lipinski definition) is 4. The van der Waals surface area contributed by atoms with Gasteiger partial charge in [-0.3, -0.25) is 14.3 Å². The van der Waals surface area contributed by atoms with Crippen LogP contribution < -0.4 is 5.32 Å². The first-order valence-corrected chi connectivity index (χ1v) is 9.48. The van der Waals surface area contributed by atoms with E-state index in [1.807, 2.05) is 26.2 Å². The van der Waals surface area contributed by atoms with Gasteiger partial charge in [-0.25, -0.2) is 0 Å². The number of rotatable bonds is 4. The zero-order chi connectivity index (χ0) is 20.4. The third-order valence-electron chi connectivity index (χ3n) is 5.03. The molecule has 0 aliphatic carbocycles. The van der Waals surface area contributed by atoms with Gasteiger partial charge in [0.15, 0.2) is 0 Å². The van der Waals surface area contributed by atoms with E-state index in [0.717, 1.165) is 16.7 Å². The maximum atomic E-state index is 12.9. The Morgan fingerprint density at radius 2 is 1.97 bits per heavy atom. The molecule has 2 amide bonds. The number of hydrogen-bond donors (Lipinski definition) is 2. The number of nitrogens with one attached hydrogen (secondary N) is 2. The van der Waals surface area contributed by atoms with Crippen LogP contribution in [0.25, 0.3) is 11.1 Å². The Balaban J connectivity index is 1.55. The van der Waals surface area contributed by atoms with Gasteiger partial charge in [-0.1, -0.05) is 6.07 Å². The van der Waals surface area contributed by atoms with Crippen LogP contribution in [-0.2, 0) is 11.8 Å². The Morgan fingerprint density at radius 3 is 2.69 bits per heavy atom. The average molecular weight is 393 g/mol. The number of nitrogens with zero attached hydrogens (tertiary/aromatic N) is 3. The number of amides is 2. The fraction of sp³-hybridized carbons (Fsp3) is 0.286. The summed E-state index contributed by atoms with van der Waals surface area (Å²) in [6, 6.07) is 5.39. The molecule has 4 rings (SSSR count). The molecule has 0 spiro atoms. The maximum absolute atomic E-state index is 12.9. The molecule has 1 aromatic carbocycles. The second kappa shape index (κ2) is 7.92. The third kappa shape index (κ3) is 3.93. The molecular formula is C21H23N5O3. The van der Waals surface area contributed by atoms with Gasteiger partial charge in [0.1, 0.15) is 0 Å². The zero-order valence-corrected chi connectivity index (χ0v) is 16.4. The number of anilines is 1. The number of ether oxygens (including phenoxy) is 1. The molecule has 0 atom stereocenters. The summed E-state index contributed by atoms with van der Waals surface area (Å²) in [4.78, 5) is 30.5. The standard InChI is InChI=1S/C21H23N5O3/c1-14-3-4-16(9-17(14)21(28)26-5-7-29-8-6-26)24-20(27)19-12-22-11-18(19)15-10-23-25(2)13-15/h3-4,9-13,22H,5-8H2,1-2H3,(H,24,27). The van der Waals surface area contributed by atoms with Crippen LogP contribution in [0.4, 0.5) is 5.69 Å². The number of morpholine rings is 1. The molecule has 1 fully saturated rings. The minimum Gasteiger partial charge on any atom is -0.378 e. The highest BCUT2D eigenvalue weighted by molar-refractivity contribution is 6.09. The van der Waals surface area contributed by atoms with E-state index < -0.39 is 0 Å². The van der Waals surface area contributed by atoms with Crippen LogP contribution in [0.15, 0.2) is 43.0 Å². The van der Waals surface area contributed by atoms with E-state index in [1.54, 1.807) is 40.3 Å².